The van der Waals surface area contributed by atoms with Crippen LogP contribution in [0.4, 0.5) is 5.13 Å². The topological polar surface area (TPSA) is 65.5 Å². The number of nitrogens with zero attached hydrogens (tertiary/aromatic N) is 3. The number of likely N-dealkylation sites (N-methyl/N-ethyl adjacent to an activating group) is 1. The Morgan fingerprint density at radius 1 is 1.39 bits per heavy atom. The number of benzene rings is 2. The van der Waals surface area contributed by atoms with E-state index in [4.69, 9.17) is 4.74 Å². The zero-order chi connectivity index (χ0) is 19.7. The monoisotopic (exact) mass is 395 g/mol. The van der Waals surface area contributed by atoms with Gasteiger partial charge in [0, 0.05) is 0 Å². The van der Waals surface area contributed by atoms with E-state index in [1.165, 1.54) is 11.3 Å². The predicted molar refractivity (Wildman–Crippen MR) is 112 cm³/mol. The second-order valence-corrected chi connectivity index (χ2v) is 8.00. The van der Waals surface area contributed by atoms with Crippen molar-refractivity contribution >= 4 is 32.7 Å². The summed E-state index contributed by atoms with van der Waals surface area (Å²) >= 11 is 1.35. The summed E-state index contributed by atoms with van der Waals surface area (Å²) in [6.07, 6.45) is 1.59. The number of hydrogen-bond donors (Lipinski definition) is 0. The molecule has 0 radical (unpaired) electrons. The largest absolute Gasteiger partial charge is 0.622 e. The van der Waals surface area contributed by atoms with Crippen molar-refractivity contribution in [1.82, 2.24) is 14.5 Å². The first-order valence-corrected chi connectivity index (χ1v) is 9.85. The normalized spacial score (nSPS) is 22.4. The SMILES string of the molecule is C=CCc1cccc(C(=O)OC2CN(C)C[N+]2([O-])c2nc3ccccc3s2)c1. The molecule has 28 heavy (non-hydrogen) atoms. The fraction of sp³-hybridized carbons (Fsp3) is 0.238. The lowest BCUT2D eigenvalue weighted by Gasteiger charge is -2.38. The molecule has 4 rings (SSSR count). The average Bonchev–Trinajstić information content (AvgIpc) is 3.24. The zero-order valence-corrected chi connectivity index (χ0v) is 16.4. The lowest BCUT2D eigenvalue weighted by Crippen LogP contribution is -2.50. The van der Waals surface area contributed by atoms with Gasteiger partial charge in [0.25, 0.3) is 11.4 Å². The molecule has 0 saturated carbocycles. The van der Waals surface area contributed by atoms with Crippen LogP contribution in [0.1, 0.15) is 15.9 Å². The number of rotatable bonds is 5. The van der Waals surface area contributed by atoms with Crippen LogP contribution in [-0.4, -0.2) is 42.3 Å². The van der Waals surface area contributed by atoms with Gasteiger partial charge in [0.1, 0.15) is 6.67 Å². The summed E-state index contributed by atoms with van der Waals surface area (Å²) in [5.74, 6) is -0.495. The number of quaternary nitrogens is 1. The lowest BCUT2D eigenvalue weighted by molar-refractivity contribution is 0.00572. The summed E-state index contributed by atoms with van der Waals surface area (Å²) < 4.78 is 5.85. The molecule has 0 bridgehead atoms. The van der Waals surface area contributed by atoms with E-state index in [0.717, 1.165) is 15.8 Å². The molecule has 0 aliphatic carbocycles. The fourth-order valence-electron chi connectivity index (χ4n) is 3.42. The van der Waals surface area contributed by atoms with Gasteiger partial charge in [0.15, 0.2) is 0 Å². The number of hydrogen-bond acceptors (Lipinski definition) is 6. The van der Waals surface area contributed by atoms with E-state index in [1.807, 2.05) is 48.3 Å². The molecule has 1 aliphatic heterocycles. The predicted octanol–water partition coefficient (Wildman–Crippen LogP) is 3.92. The quantitative estimate of drug-likeness (QED) is 0.284. The van der Waals surface area contributed by atoms with Crippen molar-refractivity contribution in [2.75, 3.05) is 20.3 Å². The summed E-state index contributed by atoms with van der Waals surface area (Å²) in [5.41, 5.74) is 2.19. The van der Waals surface area contributed by atoms with E-state index < -0.39 is 16.8 Å². The fourth-order valence-corrected chi connectivity index (χ4v) is 4.45. The average molecular weight is 395 g/mol. The maximum atomic E-state index is 13.7. The summed E-state index contributed by atoms with van der Waals surface area (Å²) in [6.45, 7) is 4.27. The molecule has 0 N–H and O–H groups in total. The Balaban J connectivity index is 1.61. The first kappa shape index (κ1) is 18.8. The smallest absolute Gasteiger partial charge is 0.342 e. The van der Waals surface area contributed by atoms with Crippen molar-refractivity contribution in [2.24, 2.45) is 0 Å². The molecule has 144 valence electrons. The van der Waals surface area contributed by atoms with Crippen LogP contribution in [0.25, 0.3) is 10.2 Å². The van der Waals surface area contributed by atoms with Crippen molar-refractivity contribution < 1.29 is 9.53 Å². The highest BCUT2D eigenvalue weighted by atomic mass is 32.1. The Hall–Kier alpha value is -2.58. The Morgan fingerprint density at radius 2 is 2.21 bits per heavy atom. The Labute approximate surface area is 167 Å². The first-order chi connectivity index (χ1) is 13.5. The molecule has 6 nitrogen and oxygen atoms in total. The molecule has 2 atom stereocenters. The molecule has 1 aliphatic rings. The number of thiazole rings is 1. The first-order valence-electron chi connectivity index (χ1n) is 9.04. The lowest BCUT2D eigenvalue weighted by atomic mass is 10.1. The van der Waals surface area contributed by atoms with Gasteiger partial charge in [-0.25, -0.2) is 9.69 Å². The number of aromatic nitrogens is 1. The van der Waals surface area contributed by atoms with E-state index in [2.05, 4.69) is 11.6 Å². The number of fused-ring (bicyclic) bond motifs is 1. The minimum absolute atomic E-state index is 0.189. The second kappa shape index (κ2) is 7.44. The molecule has 2 aromatic carbocycles. The zero-order valence-electron chi connectivity index (χ0n) is 15.6. The molecule has 0 spiro atoms. The van der Waals surface area contributed by atoms with Gasteiger partial charge in [0.05, 0.1) is 22.3 Å². The van der Waals surface area contributed by atoms with Gasteiger partial charge in [-0.2, -0.15) is 4.98 Å². The third kappa shape index (κ3) is 3.45. The Morgan fingerprint density at radius 3 is 3.00 bits per heavy atom. The Kier molecular flexibility index (Phi) is 4.99. The maximum Gasteiger partial charge on any atom is 0.342 e. The summed E-state index contributed by atoms with van der Waals surface area (Å²) in [4.78, 5) is 19.1. The standard InChI is InChI=1S/C21H21N3O3S/c1-3-7-15-8-6-9-16(12-15)20(25)27-19-13-23(2)14-24(19,26)21-22-17-10-4-5-11-18(17)28-21/h3-6,8-12,19H,1,7,13-14H2,2H3. The molecular formula is C21H21N3O3S. The van der Waals surface area contributed by atoms with Crippen LogP contribution in [0.15, 0.2) is 61.2 Å². The number of carbonyl (C=O) groups excluding carboxylic acids is 1. The van der Waals surface area contributed by atoms with Gasteiger partial charge >= 0.3 is 5.97 Å². The highest BCUT2D eigenvalue weighted by Crippen LogP contribution is 2.37. The highest BCUT2D eigenvalue weighted by molar-refractivity contribution is 7.22. The molecule has 1 saturated heterocycles. The Bertz CT molecular complexity index is 1000. The number of para-hydroxylation sites is 1. The van der Waals surface area contributed by atoms with Crippen LogP contribution in [0.2, 0.25) is 0 Å². The van der Waals surface area contributed by atoms with Crippen molar-refractivity contribution in [3.05, 3.63) is 77.5 Å². The number of allylic oxidation sites excluding steroid dienone is 1. The van der Waals surface area contributed by atoms with Gasteiger partial charge in [-0.05, 0) is 43.3 Å². The number of esters is 1. The maximum absolute atomic E-state index is 13.7. The number of carbonyl (C=O) groups is 1. The van der Waals surface area contributed by atoms with Crippen molar-refractivity contribution in [3.63, 3.8) is 0 Å². The van der Waals surface area contributed by atoms with Crippen molar-refractivity contribution in [1.29, 1.82) is 0 Å². The van der Waals surface area contributed by atoms with Gasteiger partial charge in [-0.3, -0.25) is 4.65 Å². The van der Waals surface area contributed by atoms with Crippen LogP contribution in [0.5, 0.6) is 0 Å². The third-order valence-electron chi connectivity index (χ3n) is 4.78. The van der Waals surface area contributed by atoms with Gasteiger partial charge in [-0.15, -0.1) is 6.58 Å². The van der Waals surface area contributed by atoms with Crippen molar-refractivity contribution in [2.45, 2.75) is 12.6 Å². The van der Waals surface area contributed by atoms with Crippen LogP contribution < -0.4 is 4.65 Å². The summed E-state index contributed by atoms with van der Waals surface area (Å²) in [7, 11) is 1.84. The molecule has 3 aromatic rings. The van der Waals surface area contributed by atoms with E-state index in [9.17, 15) is 10.0 Å². The number of hydroxylamine groups is 2. The van der Waals surface area contributed by atoms with Crippen LogP contribution in [0.3, 0.4) is 0 Å². The molecule has 1 aromatic heterocycles. The van der Waals surface area contributed by atoms with Gasteiger partial charge in [-0.1, -0.05) is 41.7 Å². The van der Waals surface area contributed by atoms with Crippen LogP contribution >= 0.6 is 11.3 Å². The number of ether oxygens (including phenoxy) is 1. The third-order valence-corrected chi connectivity index (χ3v) is 5.92. The summed E-state index contributed by atoms with van der Waals surface area (Å²) in [5, 5.41) is 14.1. The van der Waals surface area contributed by atoms with Gasteiger partial charge < -0.3 is 9.94 Å². The highest BCUT2D eigenvalue weighted by Gasteiger charge is 2.45. The molecule has 1 fully saturated rings. The van der Waals surface area contributed by atoms with E-state index in [0.29, 0.717) is 23.7 Å². The molecule has 0 amide bonds. The summed E-state index contributed by atoms with van der Waals surface area (Å²) in [6, 6.07) is 14.8. The van der Waals surface area contributed by atoms with E-state index >= 15 is 0 Å². The van der Waals surface area contributed by atoms with Crippen molar-refractivity contribution in [3.8, 4) is 0 Å². The molecule has 2 heterocycles. The second-order valence-electron chi connectivity index (χ2n) is 6.99. The molecular weight excluding hydrogens is 374 g/mol. The van der Waals surface area contributed by atoms with Crippen LogP contribution in [0, 0.1) is 5.21 Å². The van der Waals surface area contributed by atoms with E-state index in [1.54, 1.807) is 18.2 Å². The van der Waals surface area contributed by atoms with Crippen LogP contribution in [-0.2, 0) is 11.2 Å². The molecule has 2 unspecified atom stereocenters. The minimum atomic E-state index is -0.860. The molecule has 7 heteroatoms. The van der Waals surface area contributed by atoms with Gasteiger partial charge in [0.2, 0.25) is 0 Å². The minimum Gasteiger partial charge on any atom is -0.622 e. The van der Waals surface area contributed by atoms with E-state index in [-0.39, 0.29) is 6.67 Å².